The highest BCUT2D eigenvalue weighted by atomic mass is 35.5. The molecule has 0 saturated carbocycles. The Labute approximate surface area is 112 Å². The zero-order valence-electron chi connectivity index (χ0n) is 10.3. The lowest BCUT2D eigenvalue weighted by atomic mass is 10.2. The number of benzene rings is 1. The highest BCUT2D eigenvalue weighted by Gasteiger charge is 2.24. The molecule has 0 aliphatic carbocycles. The number of carbonyl (C=O) groups is 1. The molecular formula is C14H16ClNO2. The van der Waals surface area contributed by atoms with E-state index in [1.807, 2.05) is 24.3 Å². The molecule has 0 aromatic heterocycles. The third-order valence-corrected chi connectivity index (χ3v) is 3.29. The summed E-state index contributed by atoms with van der Waals surface area (Å²) in [4.78, 5) is 13.7. The van der Waals surface area contributed by atoms with Gasteiger partial charge in [0.2, 0.25) is 5.91 Å². The van der Waals surface area contributed by atoms with Gasteiger partial charge in [-0.2, -0.15) is 0 Å². The van der Waals surface area contributed by atoms with Gasteiger partial charge in [0.1, 0.15) is 0 Å². The summed E-state index contributed by atoms with van der Waals surface area (Å²) in [5.74, 6) is 0.0227. The lowest BCUT2D eigenvalue weighted by Gasteiger charge is -2.13. The summed E-state index contributed by atoms with van der Waals surface area (Å²) >= 11 is 5.88. The number of halogens is 1. The van der Waals surface area contributed by atoms with E-state index in [1.165, 1.54) is 0 Å². The van der Waals surface area contributed by atoms with E-state index in [2.05, 4.69) is 0 Å². The molecule has 1 aliphatic heterocycles. The Kier molecular flexibility index (Phi) is 4.39. The van der Waals surface area contributed by atoms with Gasteiger partial charge in [-0.05, 0) is 30.2 Å². The van der Waals surface area contributed by atoms with Crippen LogP contribution in [0.1, 0.15) is 12.0 Å². The lowest BCUT2D eigenvalue weighted by molar-refractivity contribution is -0.125. The van der Waals surface area contributed by atoms with Crippen LogP contribution < -0.4 is 0 Å². The summed E-state index contributed by atoms with van der Waals surface area (Å²) in [6.45, 7) is 1.44. The molecule has 2 rings (SSSR count). The molecule has 1 unspecified atom stereocenters. The van der Waals surface area contributed by atoms with Crippen LogP contribution >= 0.6 is 11.6 Å². The van der Waals surface area contributed by atoms with E-state index in [9.17, 15) is 4.79 Å². The summed E-state index contributed by atoms with van der Waals surface area (Å²) in [6.07, 6.45) is 4.46. The molecule has 1 fully saturated rings. The molecule has 1 amide bonds. The van der Waals surface area contributed by atoms with Crippen molar-refractivity contribution in [3.8, 4) is 0 Å². The van der Waals surface area contributed by atoms with Crippen LogP contribution in [0.15, 0.2) is 30.3 Å². The Morgan fingerprint density at radius 3 is 3.06 bits per heavy atom. The molecule has 1 saturated heterocycles. The Morgan fingerprint density at radius 1 is 1.56 bits per heavy atom. The van der Waals surface area contributed by atoms with E-state index >= 15 is 0 Å². The quantitative estimate of drug-likeness (QED) is 0.787. The highest BCUT2D eigenvalue weighted by molar-refractivity contribution is 6.30. The van der Waals surface area contributed by atoms with Gasteiger partial charge in [0.25, 0.3) is 0 Å². The van der Waals surface area contributed by atoms with Crippen molar-refractivity contribution in [2.45, 2.75) is 12.5 Å². The fraction of sp³-hybridized carbons (Fsp3) is 0.357. The normalized spacial score (nSPS) is 19.7. The molecule has 1 aromatic rings. The van der Waals surface area contributed by atoms with Crippen LogP contribution in [0.25, 0.3) is 6.08 Å². The number of ether oxygens (including phenoxy) is 1. The van der Waals surface area contributed by atoms with Crippen LogP contribution in [0.4, 0.5) is 0 Å². The summed E-state index contributed by atoms with van der Waals surface area (Å²) < 4.78 is 5.23. The molecule has 0 bridgehead atoms. The monoisotopic (exact) mass is 265 g/mol. The van der Waals surface area contributed by atoms with Gasteiger partial charge in [-0.3, -0.25) is 4.79 Å². The molecular weight excluding hydrogens is 250 g/mol. The largest absolute Gasteiger partial charge is 0.380 e. The van der Waals surface area contributed by atoms with Crippen molar-refractivity contribution in [1.29, 1.82) is 0 Å². The standard InChI is InChI=1S/C14H16ClNO2/c1-18-13-7-8-16(10-13)14(17)6-5-11-3-2-4-12(15)9-11/h2-6,9,13H,7-8,10H2,1H3/b6-5+. The predicted octanol–water partition coefficient (Wildman–Crippen LogP) is 2.60. The fourth-order valence-corrected chi connectivity index (χ4v) is 2.20. The number of rotatable bonds is 3. The van der Waals surface area contributed by atoms with Gasteiger partial charge in [0, 0.05) is 31.3 Å². The van der Waals surface area contributed by atoms with Crippen molar-refractivity contribution >= 4 is 23.6 Å². The number of amides is 1. The topological polar surface area (TPSA) is 29.5 Å². The summed E-state index contributed by atoms with van der Waals surface area (Å²) in [7, 11) is 1.68. The average Bonchev–Trinajstić information content (AvgIpc) is 2.85. The van der Waals surface area contributed by atoms with E-state index in [0.29, 0.717) is 11.6 Å². The number of likely N-dealkylation sites (tertiary alicyclic amines) is 1. The summed E-state index contributed by atoms with van der Waals surface area (Å²) in [5.41, 5.74) is 0.929. The van der Waals surface area contributed by atoms with Gasteiger partial charge in [0.15, 0.2) is 0 Å². The minimum absolute atomic E-state index is 0.0227. The van der Waals surface area contributed by atoms with Crippen LogP contribution in [-0.4, -0.2) is 37.1 Å². The number of methoxy groups -OCH3 is 1. The molecule has 1 aromatic carbocycles. The van der Waals surface area contributed by atoms with Crippen molar-refractivity contribution in [1.82, 2.24) is 4.90 Å². The SMILES string of the molecule is COC1CCN(C(=O)/C=C/c2cccc(Cl)c2)C1. The van der Waals surface area contributed by atoms with Gasteiger partial charge in [-0.1, -0.05) is 23.7 Å². The summed E-state index contributed by atoms with van der Waals surface area (Å²) in [6, 6.07) is 7.42. The van der Waals surface area contributed by atoms with E-state index in [0.717, 1.165) is 18.5 Å². The molecule has 3 nitrogen and oxygen atoms in total. The second-order valence-corrected chi connectivity index (χ2v) is 4.76. The van der Waals surface area contributed by atoms with E-state index in [1.54, 1.807) is 24.2 Å². The second-order valence-electron chi connectivity index (χ2n) is 4.32. The third-order valence-electron chi connectivity index (χ3n) is 3.06. The average molecular weight is 266 g/mol. The molecule has 1 atom stereocenters. The van der Waals surface area contributed by atoms with Crippen molar-refractivity contribution in [3.05, 3.63) is 40.9 Å². The minimum Gasteiger partial charge on any atom is -0.380 e. The first kappa shape index (κ1) is 13.1. The number of hydrogen-bond acceptors (Lipinski definition) is 2. The molecule has 1 heterocycles. The van der Waals surface area contributed by atoms with Gasteiger partial charge in [-0.25, -0.2) is 0 Å². The highest BCUT2D eigenvalue weighted by Crippen LogP contribution is 2.14. The van der Waals surface area contributed by atoms with Gasteiger partial charge < -0.3 is 9.64 Å². The van der Waals surface area contributed by atoms with Crippen LogP contribution in [0.2, 0.25) is 5.02 Å². The van der Waals surface area contributed by atoms with Crippen LogP contribution in [0.5, 0.6) is 0 Å². The van der Waals surface area contributed by atoms with Crippen LogP contribution in [0, 0.1) is 0 Å². The fourth-order valence-electron chi connectivity index (χ4n) is 2.00. The molecule has 18 heavy (non-hydrogen) atoms. The van der Waals surface area contributed by atoms with Crippen LogP contribution in [0.3, 0.4) is 0 Å². The van der Waals surface area contributed by atoms with E-state index in [4.69, 9.17) is 16.3 Å². The first-order chi connectivity index (χ1) is 8.69. The maximum absolute atomic E-state index is 11.9. The Hall–Kier alpha value is -1.32. The van der Waals surface area contributed by atoms with E-state index < -0.39 is 0 Å². The molecule has 0 spiro atoms. The Morgan fingerprint density at radius 2 is 2.39 bits per heavy atom. The number of hydrogen-bond donors (Lipinski definition) is 0. The van der Waals surface area contributed by atoms with Crippen molar-refractivity contribution in [2.24, 2.45) is 0 Å². The maximum Gasteiger partial charge on any atom is 0.246 e. The second kappa shape index (κ2) is 6.03. The molecule has 1 aliphatic rings. The van der Waals surface area contributed by atoms with Crippen LogP contribution in [-0.2, 0) is 9.53 Å². The van der Waals surface area contributed by atoms with Crippen molar-refractivity contribution in [2.75, 3.05) is 20.2 Å². The summed E-state index contributed by atoms with van der Waals surface area (Å²) in [5, 5.41) is 0.671. The molecule has 0 N–H and O–H groups in total. The maximum atomic E-state index is 11.9. The zero-order valence-corrected chi connectivity index (χ0v) is 11.1. The third kappa shape index (κ3) is 3.34. The first-order valence-electron chi connectivity index (χ1n) is 5.94. The molecule has 96 valence electrons. The smallest absolute Gasteiger partial charge is 0.246 e. The van der Waals surface area contributed by atoms with Gasteiger partial charge in [-0.15, -0.1) is 0 Å². The predicted molar refractivity (Wildman–Crippen MR) is 72.5 cm³/mol. The minimum atomic E-state index is 0.0227. The van der Waals surface area contributed by atoms with Crippen molar-refractivity contribution < 1.29 is 9.53 Å². The first-order valence-corrected chi connectivity index (χ1v) is 6.32. The molecule has 0 radical (unpaired) electrons. The Bertz CT molecular complexity index is 459. The van der Waals surface area contributed by atoms with Gasteiger partial charge >= 0.3 is 0 Å². The zero-order chi connectivity index (χ0) is 13.0. The lowest BCUT2D eigenvalue weighted by Crippen LogP contribution is -2.28. The number of carbonyl (C=O) groups excluding carboxylic acids is 1. The number of nitrogens with zero attached hydrogens (tertiary/aromatic N) is 1. The van der Waals surface area contributed by atoms with Crippen molar-refractivity contribution in [3.63, 3.8) is 0 Å². The Balaban J connectivity index is 1.95. The van der Waals surface area contributed by atoms with E-state index in [-0.39, 0.29) is 12.0 Å². The van der Waals surface area contributed by atoms with Gasteiger partial charge in [0.05, 0.1) is 6.10 Å². The molecule has 4 heteroatoms.